The number of fused-ring (bicyclic) bond motifs is 2. The predicted molar refractivity (Wildman–Crippen MR) is 131 cm³/mol. The number of carbonyl (C=O) groups is 2. The Bertz CT molecular complexity index is 1110. The summed E-state index contributed by atoms with van der Waals surface area (Å²) in [6, 6.07) is 3.31. The highest BCUT2D eigenvalue weighted by molar-refractivity contribution is 5.83. The number of carbonyl (C=O) groups excluding carboxylic acids is 1. The van der Waals surface area contributed by atoms with Crippen LogP contribution in [0.5, 0.6) is 0 Å². The first-order valence-electron chi connectivity index (χ1n) is 12.6. The van der Waals surface area contributed by atoms with Gasteiger partial charge in [-0.25, -0.2) is 4.39 Å². The van der Waals surface area contributed by atoms with Crippen LogP contribution < -0.4 is 4.90 Å². The lowest BCUT2D eigenvalue weighted by atomic mass is 9.88. The molecular formula is C26H35FN4O4. The Hall–Kier alpha value is -2.94. The number of aryl methyl sites for hydroxylation is 1. The van der Waals surface area contributed by atoms with Crippen LogP contribution in [-0.4, -0.2) is 58.0 Å². The van der Waals surface area contributed by atoms with Gasteiger partial charge in [-0.05, 0) is 43.4 Å². The van der Waals surface area contributed by atoms with E-state index in [0.29, 0.717) is 68.3 Å². The lowest BCUT2D eigenvalue weighted by Gasteiger charge is -2.35. The third-order valence-electron chi connectivity index (χ3n) is 7.22. The Morgan fingerprint density at radius 1 is 1.14 bits per heavy atom. The molecule has 190 valence electrons. The van der Waals surface area contributed by atoms with Gasteiger partial charge in [0.25, 0.3) is 0 Å². The zero-order valence-electron chi connectivity index (χ0n) is 21.0. The number of aliphatic carboxylic acids is 1. The molecule has 1 atom stereocenters. The van der Waals surface area contributed by atoms with Crippen molar-refractivity contribution in [3.63, 3.8) is 0 Å². The Morgan fingerprint density at radius 3 is 2.51 bits per heavy atom. The molecular weight excluding hydrogens is 451 g/mol. The average Bonchev–Trinajstić information content (AvgIpc) is 3.24. The van der Waals surface area contributed by atoms with E-state index >= 15 is 0 Å². The maximum Gasteiger partial charge on any atom is 0.311 e. The number of benzene rings is 1. The minimum atomic E-state index is -0.903. The molecule has 2 aromatic rings. The van der Waals surface area contributed by atoms with Crippen LogP contribution in [0.15, 0.2) is 12.1 Å². The first-order chi connectivity index (χ1) is 16.8. The lowest BCUT2D eigenvalue weighted by Crippen LogP contribution is -2.36. The van der Waals surface area contributed by atoms with E-state index in [4.69, 9.17) is 9.84 Å². The summed E-state index contributed by atoms with van der Waals surface area (Å²) in [5.41, 5.74) is 3.68. The van der Waals surface area contributed by atoms with E-state index in [1.807, 2.05) is 23.6 Å². The van der Waals surface area contributed by atoms with Gasteiger partial charge in [-0.1, -0.05) is 19.9 Å². The summed E-state index contributed by atoms with van der Waals surface area (Å²) in [4.78, 5) is 27.8. The number of anilines is 2. The first kappa shape index (κ1) is 25.2. The predicted octanol–water partition coefficient (Wildman–Crippen LogP) is 4.32. The van der Waals surface area contributed by atoms with Gasteiger partial charge in [0.05, 0.1) is 18.5 Å². The fourth-order valence-corrected chi connectivity index (χ4v) is 5.36. The summed E-state index contributed by atoms with van der Waals surface area (Å²) >= 11 is 0. The fourth-order valence-electron chi connectivity index (χ4n) is 5.36. The van der Waals surface area contributed by atoms with Gasteiger partial charge in [0.15, 0.2) is 5.82 Å². The smallest absolute Gasteiger partial charge is 0.311 e. The molecule has 3 aliphatic heterocycles. The molecule has 9 heteroatoms. The quantitative estimate of drug-likeness (QED) is 0.695. The third-order valence-corrected chi connectivity index (χ3v) is 7.22. The highest BCUT2D eigenvalue weighted by atomic mass is 19.1. The van der Waals surface area contributed by atoms with E-state index < -0.39 is 11.9 Å². The van der Waals surface area contributed by atoms with Crippen molar-refractivity contribution in [2.75, 3.05) is 31.2 Å². The van der Waals surface area contributed by atoms with Crippen LogP contribution in [0, 0.1) is 12.7 Å². The van der Waals surface area contributed by atoms with Crippen molar-refractivity contribution in [1.82, 2.24) is 14.7 Å². The SMILES string of the molecule is CC.CC(=O)N1CCc2c(c(N3CC[C@@H](C(=O)O)c4cc(C)c(F)cc43)nn2C2CCOCC2)C1. The molecule has 0 radical (unpaired) electrons. The van der Waals surface area contributed by atoms with E-state index in [0.717, 1.165) is 24.1 Å². The number of hydrogen-bond donors (Lipinski definition) is 1. The maximum atomic E-state index is 14.7. The molecule has 1 amide bonds. The molecule has 0 aliphatic carbocycles. The molecule has 1 fully saturated rings. The molecule has 0 bridgehead atoms. The molecule has 1 saturated heterocycles. The number of rotatable bonds is 3. The van der Waals surface area contributed by atoms with Gasteiger partial charge in [0, 0.05) is 56.6 Å². The van der Waals surface area contributed by atoms with Crippen LogP contribution in [0.4, 0.5) is 15.9 Å². The normalized spacial score (nSPS) is 20.0. The molecule has 1 aromatic carbocycles. The Kier molecular flexibility index (Phi) is 7.44. The van der Waals surface area contributed by atoms with Gasteiger partial charge in [-0.3, -0.25) is 14.3 Å². The first-order valence-corrected chi connectivity index (χ1v) is 12.6. The molecule has 4 heterocycles. The fraction of sp³-hybridized carbons (Fsp3) is 0.577. The molecule has 5 rings (SSSR count). The number of nitrogens with zero attached hydrogens (tertiary/aromatic N) is 4. The van der Waals surface area contributed by atoms with Crippen molar-refractivity contribution in [3.05, 3.63) is 40.3 Å². The van der Waals surface area contributed by atoms with E-state index in [-0.39, 0.29) is 17.8 Å². The minimum absolute atomic E-state index is 0.0112. The van der Waals surface area contributed by atoms with Crippen molar-refractivity contribution >= 4 is 23.4 Å². The van der Waals surface area contributed by atoms with Crippen molar-refractivity contribution in [1.29, 1.82) is 0 Å². The van der Waals surface area contributed by atoms with Crippen LogP contribution in [0.1, 0.15) is 74.4 Å². The van der Waals surface area contributed by atoms with Gasteiger partial charge in [0.1, 0.15) is 5.82 Å². The second-order valence-electron chi connectivity index (χ2n) is 9.22. The third kappa shape index (κ3) is 4.66. The molecule has 8 nitrogen and oxygen atoms in total. The summed E-state index contributed by atoms with van der Waals surface area (Å²) in [6.07, 6.45) is 2.85. The molecule has 1 aromatic heterocycles. The minimum Gasteiger partial charge on any atom is -0.481 e. The monoisotopic (exact) mass is 486 g/mol. The second-order valence-corrected chi connectivity index (χ2v) is 9.22. The maximum absolute atomic E-state index is 14.7. The highest BCUT2D eigenvalue weighted by Crippen LogP contribution is 2.43. The highest BCUT2D eigenvalue weighted by Gasteiger charge is 2.37. The zero-order valence-corrected chi connectivity index (χ0v) is 21.0. The van der Waals surface area contributed by atoms with Crippen LogP contribution in [-0.2, 0) is 27.3 Å². The van der Waals surface area contributed by atoms with Crippen LogP contribution in [0.3, 0.4) is 0 Å². The van der Waals surface area contributed by atoms with Crippen LogP contribution in [0.2, 0.25) is 0 Å². The summed E-state index contributed by atoms with van der Waals surface area (Å²) in [5, 5.41) is 14.8. The van der Waals surface area contributed by atoms with Crippen molar-refractivity contribution in [2.24, 2.45) is 0 Å². The van der Waals surface area contributed by atoms with E-state index in [1.165, 1.54) is 6.07 Å². The summed E-state index contributed by atoms with van der Waals surface area (Å²) in [7, 11) is 0. The van der Waals surface area contributed by atoms with E-state index in [9.17, 15) is 19.1 Å². The van der Waals surface area contributed by atoms with Gasteiger partial charge < -0.3 is 19.6 Å². The van der Waals surface area contributed by atoms with E-state index in [2.05, 4.69) is 4.68 Å². The van der Waals surface area contributed by atoms with Crippen molar-refractivity contribution in [2.45, 2.75) is 71.9 Å². The number of aromatic nitrogens is 2. The van der Waals surface area contributed by atoms with Gasteiger partial charge >= 0.3 is 5.97 Å². The topological polar surface area (TPSA) is 87.9 Å². The Balaban J connectivity index is 0.00000141. The molecule has 0 unspecified atom stereocenters. The molecule has 0 saturated carbocycles. The number of halogens is 1. The molecule has 1 N–H and O–H groups in total. The van der Waals surface area contributed by atoms with Gasteiger partial charge in [0.2, 0.25) is 5.91 Å². The molecule has 3 aliphatic rings. The lowest BCUT2D eigenvalue weighted by molar-refractivity contribution is -0.139. The number of hydrogen-bond acceptors (Lipinski definition) is 5. The van der Waals surface area contributed by atoms with Crippen LogP contribution >= 0.6 is 0 Å². The van der Waals surface area contributed by atoms with Gasteiger partial charge in [-0.2, -0.15) is 5.10 Å². The van der Waals surface area contributed by atoms with Crippen molar-refractivity contribution in [3.8, 4) is 0 Å². The zero-order chi connectivity index (χ0) is 25.3. The summed E-state index contributed by atoms with van der Waals surface area (Å²) < 4.78 is 22.3. The van der Waals surface area contributed by atoms with Crippen LogP contribution in [0.25, 0.3) is 0 Å². The average molecular weight is 487 g/mol. The van der Waals surface area contributed by atoms with Gasteiger partial charge in [-0.15, -0.1) is 0 Å². The number of amides is 1. The summed E-state index contributed by atoms with van der Waals surface area (Å²) in [6.45, 7) is 10.1. The second kappa shape index (κ2) is 10.4. The largest absolute Gasteiger partial charge is 0.481 e. The molecule has 35 heavy (non-hydrogen) atoms. The van der Waals surface area contributed by atoms with E-state index in [1.54, 1.807) is 19.9 Å². The Morgan fingerprint density at radius 2 is 1.86 bits per heavy atom. The number of ether oxygens (including phenoxy) is 1. The number of carboxylic acid groups (broad SMARTS) is 1. The standard InChI is InChI=1S/C24H29FN4O4.C2H6/c1-14-11-18-17(24(31)32)3-8-28(22(18)12-20(14)25)23-19-13-27(15(2)30)7-4-21(19)29(26-23)16-5-9-33-10-6-16;1-2/h11-12,16-17H,3-10,13H2,1-2H3,(H,31,32);1-2H3/t17-;/m1./s1. The number of carboxylic acids is 1. The summed E-state index contributed by atoms with van der Waals surface area (Å²) in [5.74, 6) is -1.24. The van der Waals surface area contributed by atoms with Crippen molar-refractivity contribution < 1.29 is 23.8 Å². The Labute approximate surface area is 205 Å². The molecule has 0 spiro atoms.